The Labute approximate surface area is 178 Å². The van der Waals surface area contributed by atoms with Gasteiger partial charge in [-0.05, 0) is 35.9 Å². The number of carbonyl (C=O) groups is 1. The second-order valence-corrected chi connectivity index (χ2v) is 7.59. The van der Waals surface area contributed by atoms with E-state index in [1.807, 2.05) is 34.9 Å². The molecule has 4 aromatic rings. The first-order valence-electron chi connectivity index (χ1n) is 10.1. The van der Waals surface area contributed by atoms with Crippen LogP contribution in [0.25, 0.3) is 16.6 Å². The van der Waals surface area contributed by atoms with E-state index in [0.29, 0.717) is 24.0 Å². The number of nitrogens with zero attached hydrogens (tertiary/aromatic N) is 2. The first-order valence-corrected chi connectivity index (χ1v) is 10.1. The van der Waals surface area contributed by atoms with Gasteiger partial charge in [0.05, 0.1) is 17.7 Å². The standard InChI is InChI=1S/C25H20F2N2O2/c26-18-10-11-22-19(14-18)20-15-28(25(30)31-16-17-6-2-1-3-7-17)13-12-23(20)29(22)24-9-5-4-8-21(24)27/h1-11,14H,12-13,15-16H2. The largest absolute Gasteiger partial charge is 0.445 e. The molecule has 2 heterocycles. The van der Waals surface area contributed by atoms with E-state index in [1.165, 1.54) is 18.2 Å². The molecule has 1 aromatic heterocycles. The molecule has 4 nitrogen and oxygen atoms in total. The maximum atomic E-state index is 14.6. The third-order valence-electron chi connectivity index (χ3n) is 5.67. The molecular weight excluding hydrogens is 398 g/mol. The molecule has 0 unspecified atom stereocenters. The lowest BCUT2D eigenvalue weighted by Crippen LogP contribution is -2.36. The number of halogens is 2. The van der Waals surface area contributed by atoms with Crippen molar-refractivity contribution in [2.24, 2.45) is 0 Å². The van der Waals surface area contributed by atoms with Gasteiger partial charge >= 0.3 is 6.09 Å². The van der Waals surface area contributed by atoms with Crippen LogP contribution in [0.1, 0.15) is 16.8 Å². The third kappa shape index (κ3) is 3.54. The molecule has 0 saturated carbocycles. The summed E-state index contributed by atoms with van der Waals surface area (Å²) in [5.74, 6) is -0.721. The number of carbonyl (C=O) groups excluding carboxylic acids is 1. The first-order chi connectivity index (χ1) is 15.1. The minimum absolute atomic E-state index is 0.189. The van der Waals surface area contributed by atoms with Gasteiger partial charge in [0.15, 0.2) is 0 Å². The summed E-state index contributed by atoms with van der Waals surface area (Å²) in [5.41, 5.74) is 3.75. The number of benzene rings is 3. The van der Waals surface area contributed by atoms with Crippen LogP contribution in [0.2, 0.25) is 0 Å². The van der Waals surface area contributed by atoms with Crippen LogP contribution in [0.4, 0.5) is 13.6 Å². The lowest BCUT2D eigenvalue weighted by Gasteiger charge is -2.27. The van der Waals surface area contributed by atoms with Crippen molar-refractivity contribution >= 4 is 17.0 Å². The maximum absolute atomic E-state index is 14.6. The Kier molecular flexibility index (Phi) is 4.90. The van der Waals surface area contributed by atoms with E-state index in [0.717, 1.165) is 22.3 Å². The molecule has 1 aliphatic heterocycles. The summed E-state index contributed by atoms with van der Waals surface area (Å²) >= 11 is 0. The van der Waals surface area contributed by atoms with Gasteiger partial charge in [0, 0.05) is 29.6 Å². The second kappa shape index (κ2) is 7.87. The van der Waals surface area contributed by atoms with E-state index in [1.54, 1.807) is 29.2 Å². The minimum Gasteiger partial charge on any atom is -0.445 e. The molecule has 0 saturated heterocycles. The number of ether oxygens (including phenoxy) is 1. The quantitative estimate of drug-likeness (QED) is 0.434. The van der Waals surface area contributed by atoms with Crippen LogP contribution in [0.5, 0.6) is 0 Å². The zero-order valence-corrected chi connectivity index (χ0v) is 16.7. The fourth-order valence-corrected chi connectivity index (χ4v) is 4.21. The summed E-state index contributed by atoms with van der Waals surface area (Å²) in [7, 11) is 0. The lowest BCUT2D eigenvalue weighted by molar-refractivity contribution is 0.0918. The number of hydrogen-bond acceptors (Lipinski definition) is 2. The highest BCUT2D eigenvalue weighted by Gasteiger charge is 2.28. The zero-order valence-electron chi connectivity index (χ0n) is 16.7. The Morgan fingerprint density at radius 2 is 1.74 bits per heavy atom. The normalized spacial score (nSPS) is 13.3. The number of amides is 1. The molecule has 0 N–H and O–H groups in total. The van der Waals surface area contributed by atoms with E-state index in [-0.39, 0.29) is 24.8 Å². The molecule has 0 radical (unpaired) electrons. The van der Waals surface area contributed by atoms with Crippen molar-refractivity contribution in [2.75, 3.05) is 6.54 Å². The van der Waals surface area contributed by atoms with Crippen molar-refractivity contribution in [2.45, 2.75) is 19.6 Å². The summed E-state index contributed by atoms with van der Waals surface area (Å²) in [5, 5.41) is 0.679. The molecule has 6 heteroatoms. The average molecular weight is 418 g/mol. The molecule has 0 aliphatic carbocycles. The number of fused-ring (bicyclic) bond motifs is 3. The van der Waals surface area contributed by atoms with Gasteiger partial charge in [-0.3, -0.25) is 0 Å². The summed E-state index contributed by atoms with van der Waals surface area (Å²) in [6, 6.07) is 20.5. The highest BCUT2D eigenvalue weighted by Crippen LogP contribution is 2.35. The molecule has 156 valence electrons. The summed E-state index contributed by atoms with van der Waals surface area (Å²) < 4.78 is 36.0. The Hall–Kier alpha value is -3.67. The molecule has 5 rings (SSSR count). The van der Waals surface area contributed by atoms with E-state index in [4.69, 9.17) is 4.74 Å². The van der Waals surface area contributed by atoms with Crippen molar-refractivity contribution < 1.29 is 18.3 Å². The second-order valence-electron chi connectivity index (χ2n) is 7.59. The highest BCUT2D eigenvalue weighted by molar-refractivity contribution is 5.88. The third-order valence-corrected chi connectivity index (χ3v) is 5.67. The molecular formula is C25H20F2N2O2. The number of para-hydroxylation sites is 1. The smallest absolute Gasteiger partial charge is 0.410 e. The van der Waals surface area contributed by atoms with Crippen LogP contribution < -0.4 is 0 Å². The van der Waals surface area contributed by atoms with Gasteiger partial charge in [-0.15, -0.1) is 0 Å². The van der Waals surface area contributed by atoms with Crippen molar-refractivity contribution in [3.63, 3.8) is 0 Å². The van der Waals surface area contributed by atoms with Crippen LogP contribution in [0.3, 0.4) is 0 Å². The monoisotopic (exact) mass is 418 g/mol. The van der Waals surface area contributed by atoms with Gasteiger partial charge in [0.25, 0.3) is 0 Å². The molecule has 0 atom stereocenters. The number of hydrogen-bond donors (Lipinski definition) is 0. The van der Waals surface area contributed by atoms with Crippen LogP contribution in [0.15, 0.2) is 72.8 Å². The van der Waals surface area contributed by atoms with Gasteiger partial charge < -0.3 is 14.2 Å². The molecule has 0 fully saturated rings. The Morgan fingerprint density at radius 1 is 0.968 bits per heavy atom. The van der Waals surface area contributed by atoms with Crippen LogP contribution in [0, 0.1) is 11.6 Å². The van der Waals surface area contributed by atoms with Crippen molar-refractivity contribution in [1.29, 1.82) is 0 Å². The van der Waals surface area contributed by atoms with E-state index in [2.05, 4.69) is 0 Å². The SMILES string of the molecule is O=C(OCc1ccccc1)N1CCc2c(c3cc(F)ccc3n2-c2ccccc2F)C1. The predicted molar refractivity (Wildman–Crippen MR) is 114 cm³/mol. The highest BCUT2D eigenvalue weighted by atomic mass is 19.1. The van der Waals surface area contributed by atoms with E-state index < -0.39 is 6.09 Å². The Balaban J connectivity index is 1.49. The van der Waals surface area contributed by atoms with Gasteiger partial charge in [-0.1, -0.05) is 42.5 Å². The molecule has 31 heavy (non-hydrogen) atoms. The molecule has 1 aliphatic rings. The maximum Gasteiger partial charge on any atom is 0.410 e. The lowest BCUT2D eigenvalue weighted by atomic mass is 10.0. The van der Waals surface area contributed by atoms with E-state index in [9.17, 15) is 13.6 Å². The van der Waals surface area contributed by atoms with Crippen molar-refractivity contribution in [1.82, 2.24) is 9.47 Å². The first kappa shape index (κ1) is 19.3. The van der Waals surface area contributed by atoms with Gasteiger partial charge in [0.1, 0.15) is 18.2 Å². The number of rotatable bonds is 3. The topological polar surface area (TPSA) is 34.5 Å². The molecule has 0 bridgehead atoms. The number of aromatic nitrogens is 1. The van der Waals surface area contributed by atoms with Crippen LogP contribution in [-0.2, 0) is 24.3 Å². The molecule has 1 amide bonds. The fourth-order valence-electron chi connectivity index (χ4n) is 4.21. The van der Waals surface area contributed by atoms with Gasteiger partial charge in [-0.25, -0.2) is 13.6 Å². The summed E-state index contributed by atoms with van der Waals surface area (Å²) in [6.45, 7) is 0.910. The van der Waals surface area contributed by atoms with E-state index >= 15 is 0 Å². The zero-order chi connectivity index (χ0) is 21.4. The Bertz CT molecular complexity index is 1270. The van der Waals surface area contributed by atoms with Crippen LogP contribution in [-0.4, -0.2) is 22.1 Å². The minimum atomic E-state index is -0.419. The fraction of sp³-hybridized carbons (Fsp3) is 0.160. The summed E-state index contributed by atoms with van der Waals surface area (Å²) in [6.07, 6.45) is 0.0955. The summed E-state index contributed by atoms with van der Waals surface area (Å²) in [4.78, 5) is 14.3. The predicted octanol–water partition coefficient (Wildman–Crippen LogP) is 5.60. The molecule has 0 spiro atoms. The van der Waals surface area contributed by atoms with Gasteiger partial charge in [0.2, 0.25) is 0 Å². The molecule has 3 aromatic carbocycles. The Morgan fingerprint density at radius 3 is 2.55 bits per heavy atom. The van der Waals surface area contributed by atoms with Crippen molar-refractivity contribution in [3.8, 4) is 5.69 Å². The van der Waals surface area contributed by atoms with Crippen molar-refractivity contribution in [3.05, 3.63) is 101 Å². The van der Waals surface area contributed by atoms with Gasteiger partial charge in [-0.2, -0.15) is 0 Å². The average Bonchev–Trinajstić information content (AvgIpc) is 3.11. The van der Waals surface area contributed by atoms with Crippen LogP contribution >= 0.6 is 0 Å².